The van der Waals surface area contributed by atoms with Crippen molar-refractivity contribution >= 4 is 6.01 Å². The van der Waals surface area contributed by atoms with Crippen LogP contribution in [0, 0.1) is 0 Å². The highest BCUT2D eigenvalue weighted by molar-refractivity contribution is 5.05. The van der Waals surface area contributed by atoms with Gasteiger partial charge in [-0.15, -0.1) is 5.10 Å². The molecule has 0 aliphatic carbocycles. The Bertz CT molecular complexity index is 210. The summed E-state index contributed by atoms with van der Waals surface area (Å²) in [7, 11) is 1.56. The van der Waals surface area contributed by atoms with E-state index in [9.17, 15) is 0 Å². The Morgan fingerprint density at radius 2 is 2.30 bits per heavy atom. The smallest absolute Gasteiger partial charge is 0.312 e. The van der Waals surface area contributed by atoms with Crippen LogP contribution in [0.15, 0.2) is 4.42 Å². The Balaban J connectivity index is 2.74. The second-order valence-corrected chi connectivity index (χ2v) is 1.86. The lowest BCUT2D eigenvalue weighted by Gasteiger charge is -2.00. The molecule has 0 aromatic carbocycles. The van der Waals surface area contributed by atoms with Gasteiger partial charge in [-0.25, -0.2) is 0 Å². The van der Waals surface area contributed by atoms with E-state index in [0.717, 1.165) is 0 Å². The van der Waals surface area contributed by atoms with Crippen LogP contribution in [0.2, 0.25) is 0 Å². The Morgan fingerprint density at radius 3 is 2.70 bits per heavy atom. The maximum atomic E-state index is 5.18. The Hall–Kier alpha value is -1.10. The standard InChI is InChI=1S/C5H9N3O2/c1-3(9-2)4-7-8-5(6)10-4/h3H,1-2H3,(H2,6,8). The molecular formula is C5H9N3O2. The summed E-state index contributed by atoms with van der Waals surface area (Å²) >= 11 is 0. The number of methoxy groups -OCH3 is 1. The summed E-state index contributed by atoms with van der Waals surface area (Å²) in [6.45, 7) is 1.80. The molecule has 1 heterocycles. The minimum Gasteiger partial charge on any atom is -0.405 e. The maximum absolute atomic E-state index is 5.18. The minimum absolute atomic E-state index is 0.0684. The SMILES string of the molecule is COC(C)c1nnc(N)o1. The number of nitrogen functional groups attached to an aromatic ring is 1. The number of hydrogen-bond donors (Lipinski definition) is 1. The topological polar surface area (TPSA) is 74.2 Å². The lowest BCUT2D eigenvalue weighted by atomic mass is 10.4. The zero-order chi connectivity index (χ0) is 7.56. The number of hydrogen-bond acceptors (Lipinski definition) is 5. The molecule has 0 radical (unpaired) electrons. The molecule has 10 heavy (non-hydrogen) atoms. The van der Waals surface area contributed by atoms with E-state index in [1.165, 1.54) is 0 Å². The molecule has 1 aromatic rings. The van der Waals surface area contributed by atoms with Gasteiger partial charge in [0.2, 0.25) is 5.89 Å². The number of ether oxygens (including phenoxy) is 1. The average Bonchev–Trinajstić information content (AvgIpc) is 2.34. The zero-order valence-electron chi connectivity index (χ0n) is 5.87. The summed E-state index contributed by atoms with van der Waals surface area (Å²) < 4.78 is 9.76. The van der Waals surface area contributed by atoms with Crippen LogP contribution < -0.4 is 5.73 Å². The number of nitrogens with zero attached hydrogens (tertiary/aromatic N) is 2. The Morgan fingerprint density at radius 1 is 1.60 bits per heavy atom. The summed E-state index contributed by atoms with van der Waals surface area (Å²) in [5, 5.41) is 7.09. The molecule has 0 saturated heterocycles. The Kier molecular flexibility index (Phi) is 1.86. The highest BCUT2D eigenvalue weighted by Gasteiger charge is 2.10. The number of nitrogens with two attached hydrogens (primary N) is 1. The van der Waals surface area contributed by atoms with Gasteiger partial charge in [0, 0.05) is 7.11 Å². The highest BCUT2D eigenvalue weighted by atomic mass is 16.5. The van der Waals surface area contributed by atoms with E-state index in [1.54, 1.807) is 14.0 Å². The molecule has 1 unspecified atom stereocenters. The first-order chi connectivity index (χ1) is 4.74. The van der Waals surface area contributed by atoms with Crippen LogP contribution in [0.4, 0.5) is 6.01 Å². The van der Waals surface area contributed by atoms with E-state index in [2.05, 4.69) is 10.2 Å². The molecule has 1 aromatic heterocycles. The van der Waals surface area contributed by atoms with Gasteiger partial charge in [0.25, 0.3) is 0 Å². The van der Waals surface area contributed by atoms with Gasteiger partial charge in [0.15, 0.2) is 0 Å². The van der Waals surface area contributed by atoms with Gasteiger partial charge in [-0.2, -0.15) is 0 Å². The lowest BCUT2D eigenvalue weighted by Crippen LogP contribution is -1.95. The third kappa shape index (κ3) is 1.24. The predicted octanol–water partition coefficient (Wildman–Crippen LogP) is 0.359. The second-order valence-electron chi connectivity index (χ2n) is 1.86. The first kappa shape index (κ1) is 7.01. The molecule has 5 nitrogen and oxygen atoms in total. The summed E-state index contributed by atoms with van der Waals surface area (Å²) in [6, 6.07) is 0.0684. The van der Waals surface area contributed by atoms with Gasteiger partial charge in [-0.3, -0.25) is 0 Å². The first-order valence-corrected chi connectivity index (χ1v) is 2.85. The van der Waals surface area contributed by atoms with Gasteiger partial charge in [-0.05, 0) is 6.92 Å². The van der Waals surface area contributed by atoms with Crippen molar-refractivity contribution in [1.82, 2.24) is 10.2 Å². The lowest BCUT2D eigenvalue weighted by molar-refractivity contribution is 0.0954. The number of anilines is 1. The van der Waals surface area contributed by atoms with Crippen LogP contribution in [0.25, 0.3) is 0 Å². The van der Waals surface area contributed by atoms with E-state index in [4.69, 9.17) is 14.9 Å². The summed E-state index contributed by atoms with van der Waals surface area (Å²) in [4.78, 5) is 0. The number of aromatic nitrogens is 2. The van der Waals surface area contributed by atoms with Crippen molar-refractivity contribution < 1.29 is 9.15 Å². The second kappa shape index (κ2) is 2.66. The molecule has 0 aliphatic rings. The zero-order valence-corrected chi connectivity index (χ0v) is 5.87. The molecule has 56 valence electrons. The van der Waals surface area contributed by atoms with E-state index < -0.39 is 0 Å². The van der Waals surface area contributed by atoms with Crippen molar-refractivity contribution in [2.24, 2.45) is 0 Å². The highest BCUT2D eigenvalue weighted by Crippen LogP contribution is 2.13. The third-order valence-electron chi connectivity index (χ3n) is 1.16. The molecule has 0 spiro atoms. The van der Waals surface area contributed by atoms with Gasteiger partial charge in [-0.1, -0.05) is 5.10 Å². The molecule has 0 bridgehead atoms. The quantitative estimate of drug-likeness (QED) is 0.646. The van der Waals surface area contributed by atoms with Gasteiger partial charge >= 0.3 is 6.01 Å². The summed E-state index contributed by atoms with van der Waals surface area (Å²) in [6.07, 6.45) is -0.190. The molecule has 1 atom stereocenters. The van der Waals surface area contributed by atoms with E-state index >= 15 is 0 Å². The summed E-state index contributed by atoms with van der Waals surface area (Å²) in [5.74, 6) is 0.403. The molecule has 0 saturated carbocycles. The number of rotatable bonds is 2. The molecule has 0 fully saturated rings. The molecular weight excluding hydrogens is 134 g/mol. The molecule has 5 heteroatoms. The monoisotopic (exact) mass is 143 g/mol. The van der Waals surface area contributed by atoms with Crippen molar-refractivity contribution in [2.45, 2.75) is 13.0 Å². The fourth-order valence-corrected chi connectivity index (χ4v) is 0.512. The van der Waals surface area contributed by atoms with E-state index in [-0.39, 0.29) is 12.1 Å². The van der Waals surface area contributed by atoms with Crippen LogP contribution in [-0.2, 0) is 4.74 Å². The molecule has 0 amide bonds. The van der Waals surface area contributed by atoms with Crippen molar-refractivity contribution in [2.75, 3.05) is 12.8 Å². The largest absolute Gasteiger partial charge is 0.405 e. The Labute approximate surface area is 58.2 Å². The molecule has 2 N–H and O–H groups in total. The van der Waals surface area contributed by atoms with Gasteiger partial charge in [0.05, 0.1) is 0 Å². The van der Waals surface area contributed by atoms with Crippen LogP contribution in [0.3, 0.4) is 0 Å². The van der Waals surface area contributed by atoms with Crippen molar-refractivity contribution in [3.05, 3.63) is 5.89 Å². The maximum Gasteiger partial charge on any atom is 0.312 e. The van der Waals surface area contributed by atoms with Crippen LogP contribution in [-0.4, -0.2) is 17.3 Å². The predicted molar refractivity (Wildman–Crippen MR) is 34.1 cm³/mol. The van der Waals surface area contributed by atoms with Crippen molar-refractivity contribution in [3.8, 4) is 0 Å². The molecule has 0 aliphatic heterocycles. The summed E-state index contributed by atoms with van der Waals surface area (Å²) in [5.41, 5.74) is 5.18. The van der Waals surface area contributed by atoms with Crippen LogP contribution in [0.1, 0.15) is 18.9 Å². The third-order valence-corrected chi connectivity index (χ3v) is 1.16. The van der Waals surface area contributed by atoms with E-state index in [1.807, 2.05) is 0 Å². The first-order valence-electron chi connectivity index (χ1n) is 2.85. The van der Waals surface area contributed by atoms with Crippen LogP contribution in [0.5, 0.6) is 0 Å². The molecule has 1 rings (SSSR count). The minimum atomic E-state index is -0.190. The van der Waals surface area contributed by atoms with Gasteiger partial charge < -0.3 is 14.9 Å². The average molecular weight is 143 g/mol. The van der Waals surface area contributed by atoms with Crippen molar-refractivity contribution in [3.63, 3.8) is 0 Å². The fraction of sp³-hybridized carbons (Fsp3) is 0.600. The van der Waals surface area contributed by atoms with Gasteiger partial charge in [0.1, 0.15) is 6.10 Å². The normalized spacial score (nSPS) is 13.4. The van der Waals surface area contributed by atoms with Crippen LogP contribution >= 0.6 is 0 Å². The van der Waals surface area contributed by atoms with Crippen molar-refractivity contribution in [1.29, 1.82) is 0 Å². The fourth-order valence-electron chi connectivity index (χ4n) is 0.512. The van der Waals surface area contributed by atoms with E-state index in [0.29, 0.717) is 5.89 Å².